The van der Waals surface area contributed by atoms with E-state index in [1.807, 2.05) is 12.1 Å². The molecule has 1 saturated heterocycles. The van der Waals surface area contributed by atoms with E-state index < -0.39 is 0 Å². The predicted octanol–water partition coefficient (Wildman–Crippen LogP) is 3.06. The summed E-state index contributed by atoms with van der Waals surface area (Å²) >= 11 is 6.10. The maximum absolute atomic E-state index is 6.10. The molecular formula is C15H23ClN2O. The van der Waals surface area contributed by atoms with Crippen molar-refractivity contribution in [3.63, 3.8) is 0 Å². The molecule has 0 spiro atoms. The Balaban J connectivity index is 2.07. The van der Waals surface area contributed by atoms with Gasteiger partial charge in [-0.1, -0.05) is 18.5 Å². The summed E-state index contributed by atoms with van der Waals surface area (Å²) < 4.78 is 5.71. The van der Waals surface area contributed by atoms with Crippen molar-refractivity contribution >= 4 is 17.3 Å². The Hall–Kier alpha value is -0.770. The summed E-state index contributed by atoms with van der Waals surface area (Å²) in [5.74, 6) is 0. The fourth-order valence-corrected chi connectivity index (χ4v) is 2.71. The van der Waals surface area contributed by atoms with Gasteiger partial charge in [-0.15, -0.1) is 0 Å². The molecule has 106 valence electrons. The van der Waals surface area contributed by atoms with Gasteiger partial charge in [-0.3, -0.25) is 0 Å². The van der Waals surface area contributed by atoms with Crippen LogP contribution in [0.25, 0.3) is 0 Å². The second-order valence-corrected chi connectivity index (χ2v) is 5.51. The molecule has 1 aromatic rings. The van der Waals surface area contributed by atoms with Gasteiger partial charge in [0, 0.05) is 37.5 Å². The van der Waals surface area contributed by atoms with Crippen LogP contribution in [0, 0.1) is 0 Å². The molecule has 1 atom stereocenters. The van der Waals surface area contributed by atoms with Crippen molar-refractivity contribution in [2.24, 2.45) is 0 Å². The summed E-state index contributed by atoms with van der Waals surface area (Å²) in [4.78, 5) is 2.28. The molecule has 1 N–H and O–H groups in total. The number of nitrogens with zero attached hydrogens (tertiary/aromatic N) is 1. The Morgan fingerprint density at radius 1 is 1.47 bits per heavy atom. The average Bonchev–Trinajstić information content (AvgIpc) is 2.89. The van der Waals surface area contributed by atoms with Crippen molar-refractivity contribution < 1.29 is 4.74 Å². The highest BCUT2D eigenvalue weighted by molar-refractivity contribution is 6.30. The van der Waals surface area contributed by atoms with Crippen LogP contribution in [0.4, 0.5) is 5.69 Å². The van der Waals surface area contributed by atoms with Crippen molar-refractivity contribution in [3.05, 3.63) is 28.8 Å². The molecule has 0 bridgehead atoms. The van der Waals surface area contributed by atoms with E-state index in [9.17, 15) is 0 Å². The molecule has 3 nitrogen and oxygen atoms in total. The Labute approximate surface area is 120 Å². The molecule has 1 unspecified atom stereocenters. The third-order valence-corrected chi connectivity index (χ3v) is 3.75. The predicted molar refractivity (Wildman–Crippen MR) is 81.1 cm³/mol. The maximum atomic E-state index is 6.10. The first-order valence-electron chi connectivity index (χ1n) is 7.02. The smallest absolute Gasteiger partial charge is 0.0750 e. The number of likely N-dealkylation sites (N-methyl/N-ethyl adjacent to an activating group) is 1. The minimum Gasteiger partial charge on any atom is -0.376 e. The minimum atomic E-state index is 0.368. The lowest BCUT2D eigenvalue weighted by molar-refractivity contribution is 0.116. The Morgan fingerprint density at radius 3 is 3.00 bits per heavy atom. The molecule has 1 heterocycles. The molecule has 4 heteroatoms. The monoisotopic (exact) mass is 282 g/mol. The number of ether oxygens (including phenoxy) is 1. The Bertz CT molecular complexity index is 405. The van der Waals surface area contributed by atoms with Gasteiger partial charge in [-0.2, -0.15) is 0 Å². The molecule has 0 radical (unpaired) electrons. The number of halogens is 1. The van der Waals surface area contributed by atoms with E-state index in [0.29, 0.717) is 6.10 Å². The first kappa shape index (κ1) is 14.6. The second-order valence-electron chi connectivity index (χ2n) is 5.07. The quantitative estimate of drug-likeness (QED) is 0.868. The van der Waals surface area contributed by atoms with Crippen LogP contribution in [-0.2, 0) is 11.3 Å². The van der Waals surface area contributed by atoms with E-state index in [1.54, 1.807) is 0 Å². The third kappa shape index (κ3) is 4.10. The van der Waals surface area contributed by atoms with Crippen LogP contribution in [0.3, 0.4) is 0 Å². The van der Waals surface area contributed by atoms with Crippen LogP contribution in [0.2, 0.25) is 5.02 Å². The van der Waals surface area contributed by atoms with Crippen LogP contribution in [0.15, 0.2) is 18.2 Å². The lowest BCUT2D eigenvalue weighted by Crippen LogP contribution is -2.29. The van der Waals surface area contributed by atoms with Gasteiger partial charge in [0.1, 0.15) is 0 Å². The molecule has 0 amide bonds. The fourth-order valence-electron chi connectivity index (χ4n) is 2.52. The van der Waals surface area contributed by atoms with E-state index >= 15 is 0 Å². The first-order chi connectivity index (χ1) is 9.20. The van der Waals surface area contributed by atoms with Gasteiger partial charge < -0.3 is 15.0 Å². The Morgan fingerprint density at radius 2 is 2.32 bits per heavy atom. The summed E-state index contributed by atoms with van der Waals surface area (Å²) in [5.41, 5.74) is 2.48. The van der Waals surface area contributed by atoms with Gasteiger partial charge in [0.25, 0.3) is 0 Å². The maximum Gasteiger partial charge on any atom is 0.0750 e. The summed E-state index contributed by atoms with van der Waals surface area (Å²) in [5, 5.41) is 4.16. The summed E-state index contributed by atoms with van der Waals surface area (Å²) in [7, 11) is 2.13. The number of benzene rings is 1. The summed E-state index contributed by atoms with van der Waals surface area (Å²) in [6.45, 7) is 5.77. The number of rotatable bonds is 6. The van der Waals surface area contributed by atoms with Gasteiger partial charge in [-0.05, 0) is 43.1 Å². The third-order valence-electron chi connectivity index (χ3n) is 3.52. The summed E-state index contributed by atoms with van der Waals surface area (Å²) in [6, 6.07) is 6.11. The lowest BCUT2D eigenvalue weighted by Gasteiger charge is -2.25. The molecule has 1 aliphatic rings. The van der Waals surface area contributed by atoms with E-state index in [1.165, 1.54) is 24.1 Å². The molecule has 19 heavy (non-hydrogen) atoms. The van der Waals surface area contributed by atoms with Gasteiger partial charge in [-0.25, -0.2) is 0 Å². The zero-order valence-corrected chi connectivity index (χ0v) is 12.5. The number of hydrogen-bond donors (Lipinski definition) is 1. The van der Waals surface area contributed by atoms with Crippen molar-refractivity contribution in [3.8, 4) is 0 Å². The normalized spacial score (nSPS) is 18.8. The molecule has 1 fully saturated rings. The van der Waals surface area contributed by atoms with Crippen LogP contribution >= 0.6 is 11.6 Å². The highest BCUT2D eigenvalue weighted by atomic mass is 35.5. The molecule has 1 aromatic carbocycles. The van der Waals surface area contributed by atoms with Crippen LogP contribution in [-0.4, -0.2) is 32.8 Å². The van der Waals surface area contributed by atoms with Crippen LogP contribution < -0.4 is 10.2 Å². The van der Waals surface area contributed by atoms with E-state index in [4.69, 9.17) is 16.3 Å². The second kappa shape index (κ2) is 7.13. The average molecular weight is 283 g/mol. The fraction of sp³-hybridized carbons (Fsp3) is 0.600. The summed E-state index contributed by atoms with van der Waals surface area (Å²) in [6.07, 6.45) is 2.72. The number of hydrogen-bond acceptors (Lipinski definition) is 3. The van der Waals surface area contributed by atoms with Crippen LogP contribution in [0.5, 0.6) is 0 Å². The first-order valence-corrected chi connectivity index (χ1v) is 7.40. The molecule has 1 aliphatic heterocycles. The molecule has 0 aromatic heterocycles. The standard InChI is InChI=1S/C15H23ClN2O/c1-3-17-10-12-9-13(16)6-7-15(12)18(2)11-14-5-4-8-19-14/h6-7,9,14,17H,3-5,8,10-11H2,1-2H3. The van der Waals surface area contributed by atoms with E-state index in [-0.39, 0.29) is 0 Å². The minimum absolute atomic E-state index is 0.368. The Kier molecular flexibility index (Phi) is 5.49. The zero-order chi connectivity index (χ0) is 13.7. The SMILES string of the molecule is CCNCc1cc(Cl)ccc1N(C)CC1CCCO1. The molecule has 0 aliphatic carbocycles. The zero-order valence-electron chi connectivity index (χ0n) is 11.8. The molecular weight excluding hydrogens is 260 g/mol. The lowest BCUT2D eigenvalue weighted by atomic mass is 10.1. The van der Waals surface area contributed by atoms with E-state index in [0.717, 1.165) is 31.3 Å². The van der Waals surface area contributed by atoms with Gasteiger partial charge in [0.2, 0.25) is 0 Å². The molecule has 2 rings (SSSR count). The van der Waals surface area contributed by atoms with E-state index in [2.05, 4.69) is 30.3 Å². The topological polar surface area (TPSA) is 24.5 Å². The highest BCUT2D eigenvalue weighted by Crippen LogP contribution is 2.25. The molecule has 0 saturated carbocycles. The van der Waals surface area contributed by atoms with Gasteiger partial charge in [0.05, 0.1) is 6.10 Å². The van der Waals surface area contributed by atoms with Crippen molar-refractivity contribution in [2.75, 3.05) is 31.6 Å². The largest absolute Gasteiger partial charge is 0.376 e. The number of nitrogens with one attached hydrogen (secondary N) is 1. The number of anilines is 1. The van der Waals surface area contributed by atoms with Crippen molar-refractivity contribution in [1.82, 2.24) is 5.32 Å². The van der Waals surface area contributed by atoms with Gasteiger partial charge >= 0.3 is 0 Å². The van der Waals surface area contributed by atoms with Crippen molar-refractivity contribution in [2.45, 2.75) is 32.4 Å². The highest BCUT2D eigenvalue weighted by Gasteiger charge is 2.18. The van der Waals surface area contributed by atoms with Crippen LogP contribution in [0.1, 0.15) is 25.3 Å². The van der Waals surface area contributed by atoms with Gasteiger partial charge in [0.15, 0.2) is 0 Å². The van der Waals surface area contributed by atoms with Crippen molar-refractivity contribution in [1.29, 1.82) is 0 Å².